The number of ether oxygens (including phenoxy) is 6. The van der Waals surface area contributed by atoms with Crippen molar-refractivity contribution < 1.29 is 48.3 Å². The Morgan fingerprint density at radius 2 is 1.81 bits per heavy atom. The Labute approximate surface area is 336 Å². The van der Waals surface area contributed by atoms with Crippen molar-refractivity contribution in [2.75, 3.05) is 66.1 Å². The number of allylic oxidation sites excluding steroid dienone is 1. The van der Waals surface area contributed by atoms with Gasteiger partial charge in [0, 0.05) is 57.3 Å². The number of aliphatic hydroxyl groups is 2. The molecule has 7 rings (SSSR count). The average molecular weight is 790 g/mol. The molecule has 310 valence electrons. The van der Waals surface area contributed by atoms with Crippen LogP contribution in [0.3, 0.4) is 0 Å². The fourth-order valence-corrected chi connectivity index (χ4v) is 9.21. The van der Waals surface area contributed by atoms with Crippen LogP contribution in [0.15, 0.2) is 65.9 Å². The third kappa shape index (κ3) is 8.91. The van der Waals surface area contributed by atoms with Crippen molar-refractivity contribution in [3.8, 4) is 23.0 Å². The van der Waals surface area contributed by atoms with Gasteiger partial charge < -0.3 is 43.5 Å². The summed E-state index contributed by atoms with van der Waals surface area (Å²) in [5.41, 5.74) is 3.55. The molecule has 5 aliphatic rings. The first-order valence-corrected chi connectivity index (χ1v) is 20.8. The lowest BCUT2D eigenvalue weighted by molar-refractivity contribution is -0.256. The molecule has 6 atom stereocenters. The van der Waals surface area contributed by atoms with E-state index in [1.165, 1.54) is 0 Å². The van der Waals surface area contributed by atoms with Gasteiger partial charge in [0.25, 0.3) is 0 Å². The normalized spacial score (nSPS) is 26.1. The minimum atomic E-state index is -1.40. The highest BCUT2D eigenvalue weighted by Crippen LogP contribution is 2.62. The van der Waals surface area contributed by atoms with E-state index in [2.05, 4.69) is 23.6 Å². The van der Waals surface area contributed by atoms with Gasteiger partial charge in [-0.1, -0.05) is 36.2 Å². The van der Waals surface area contributed by atoms with Crippen molar-refractivity contribution in [1.82, 2.24) is 9.80 Å². The van der Waals surface area contributed by atoms with Gasteiger partial charge >= 0.3 is 6.09 Å². The summed E-state index contributed by atoms with van der Waals surface area (Å²) in [5.74, 6) is 0.936. The highest BCUT2D eigenvalue weighted by Gasteiger charge is 2.65. The lowest BCUT2D eigenvalue weighted by atomic mass is 9.55. The molecule has 1 amide bonds. The van der Waals surface area contributed by atoms with E-state index in [1.54, 1.807) is 17.9 Å². The van der Waals surface area contributed by atoms with Gasteiger partial charge in [0.2, 0.25) is 12.6 Å². The molecule has 0 spiro atoms. The van der Waals surface area contributed by atoms with Crippen LogP contribution in [0.4, 0.5) is 4.79 Å². The van der Waals surface area contributed by atoms with E-state index in [0.29, 0.717) is 43.3 Å². The molecule has 2 aliphatic carbocycles. The molecule has 13 heteroatoms. The van der Waals surface area contributed by atoms with Crippen molar-refractivity contribution in [3.05, 3.63) is 71.8 Å². The molecule has 0 bridgehead atoms. The molecule has 57 heavy (non-hydrogen) atoms. The number of unbranched alkanes of at least 4 members (excludes halogenated alkanes) is 2. The summed E-state index contributed by atoms with van der Waals surface area (Å²) in [6, 6.07) is 11.0. The maximum absolute atomic E-state index is 14.4. The number of benzene rings is 2. The van der Waals surface area contributed by atoms with Crippen LogP contribution in [-0.2, 0) is 20.9 Å². The van der Waals surface area contributed by atoms with Crippen LogP contribution < -0.4 is 18.9 Å². The van der Waals surface area contributed by atoms with E-state index >= 15 is 0 Å². The number of aliphatic hydroxyl groups excluding tert-OH is 2. The molecule has 2 aromatic carbocycles. The second kappa shape index (κ2) is 19.0. The van der Waals surface area contributed by atoms with Crippen LogP contribution in [0.25, 0.3) is 0 Å². The van der Waals surface area contributed by atoms with E-state index < -0.39 is 23.8 Å². The number of carbonyl (C=O) groups is 1. The zero-order chi connectivity index (χ0) is 39.8. The molecule has 0 radical (unpaired) electrons. The van der Waals surface area contributed by atoms with E-state index in [9.17, 15) is 15.0 Å². The number of carbonyl (C=O) groups excluding carboxylic acids is 1. The molecule has 1 saturated heterocycles. The minimum Gasteiger partial charge on any atom is -0.492 e. The maximum atomic E-state index is 14.4. The highest BCUT2D eigenvalue weighted by molar-refractivity contribution is 6.03. The molecule has 13 nitrogen and oxygen atoms in total. The van der Waals surface area contributed by atoms with E-state index in [1.807, 2.05) is 37.3 Å². The van der Waals surface area contributed by atoms with Crippen LogP contribution in [0.5, 0.6) is 23.0 Å². The van der Waals surface area contributed by atoms with Crippen molar-refractivity contribution in [2.24, 2.45) is 22.9 Å². The van der Waals surface area contributed by atoms with Gasteiger partial charge in [0.1, 0.15) is 30.8 Å². The summed E-state index contributed by atoms with van der Waals surface area (Å²) in [4.78, 5) is 24.3. The lowest BCUT2D eigenvalue weighted by Gasteiger charge is -2.59. The summed E-state index contributed by atoms with van der Waals surface area (Å²) >= 11 is 0. The molecule has 2 N–H and O–H groups in total. The number of amides is 1. The van der Waals surface area contributed by atoms with Crippen molar-refractivity contribution in [3.63, 3.8) is 0 Å². The van der Waals surface area contributed by atoms with Crippen molar-refractivity contribution in [1.29, 1.82) is 0 Å². The van der Waals surface area contributed by atoms with Gasteiger partial charge in [-0.3, -0.25) is 9.80 Å². The zero-order valence-electron chi connectivity index (χ0n) is 33.4. The number of hydrogen-bond donors (Lipinski definition) is 2. The van der Waals surface area contributed by atoms with Crippen LogP contribution in [-0.4, -0.2) is 110 Å². The number of fused-ring (bicyclic) bond motifs is 3. The Kier molecular flexibility index (Phi) is 13.6. The Bertz CT molecular complexity index is 1760. The van der Waals surface area contributed by atoms with E-state index in [-0.39, 0.29) is 63.9 Å². The zero-order valence-corrected chi connectivity index (χ0v) is 33.4. The highest BCUT2D eigenvalue weighted by atomic mass is 16.7. The quantitative estimate of drug-likeness (QED) is 0.0627. The minimum absolute atomic E-state index is 0.100. The molecule has 2 aromatic rings. The number of hydrogen-bond acceptors (Lipinski definition) is 12. The second-order valence-electron chi connectivity index (χ2n) is 15.4. The largest absolute Gasteiger partial charge is 0.492 e. The molecule has 1 saturated carbocycles. The Morgan fingerprint density at radius 3 is 2.56 bits per heavy atom. The number of rotatable bonds is 21. The van der Waals surface area contributed by atoms with Gasteiger partial charge in [-0.25, -0.2) is 4.79 Å². The first kappa shape index (κ1) is 40.9. The van der Waals surface area contributed by atoms with Gasteiger partial charge in [-0.15, -0.1) is 6.58 Å². The van der Waals surface area contributed by atoms with Crippen molar-refractivity contribution in [2.45, 2.75) is 83.1 Å². The monoisotopic (exact) mass is 789 g/mol. The summed E-state index contributed by atoms with van der Waals surface area (Å²) in [7, 11) is 0. The molecule has 3 aliphatic heterocycles. The molecular formula is C44H59N3O10. The molecule has 6 unspecified atom stereocenters. The van der Waals surface area contributed by atoms with Crippen LogP contribution >= 0.6 is 0 Å². The fourth-order valence-electron chi connectivity index (χ4n) is 9.21. The van der Waals surface area contributed by atoms with Gasteiger partial charge in [-0.2, -0.15) is 0 Å². The molecular weight excluding hydrogens is 730 g/mol. The molecule has 2 fully saturated rings. The summed E-state index contributed by atoms with van der Waals surface area (Å²) < 4.78 is 37.9. The van der Waals surface area contributed by atoms with Crippen molar-refractivity contribution >= 4 is 11.8 Å². The first-order valence-electron chi connectivity index (χ1n) is 20.8. The second-order valence-corrected chi connectivity index (χ2v) is 15.4. The molecule has 0 aromatic heterocycles. The number of nitrogens with zero attached hydrogens (tertiary/aromatic N) is 3. The van der Waals surface area contributed by atoms with Gasteiger partial charge in [0.15, 0.2) is 11.5 Å². The summed E-state index contributed by atoms with van der Waals surface area (Å²) in [5, 5.41) is 24.5. The van der Waals surface area contributed by atoms with Gasteiger partial charge in [0.05, 0.1) is 24.8 Å². The molecule has 3 heterocycles. The average Bonchev–Trinajstić information content (AvgIpc) is 3.93. The summed E-state index contributed by atoms with van der Waals surface area (Å²) in [6.45, 7) is 12.6. The number of oxime groups is 1. The first-order chi connectivity index (χ1) is 27.9. The fraction of sp³-hybridized carbons (Fsp3) is 0.591. The maximum Gasteiger partial charge on any atom is 0.410 e. The Morgan fingerprint density at radius 1 is 1.02 bits per heavy atom. The Hall–Kier alpha value is -4.30. The predicted molar refractivity (Wildman–Crippen MR) is 214 cm³/mol. The van der Waals surface area contributed by atoms with Crippen LogP contribution in [0.1, 0.15) is 75.8 Å². The smallest absolute Gasteiger partial charge is 0.410 e. The van der Waals surface area contributed by atoms with E-state index in [0.717, 1.165) is 73.5 Å². The SMILES string of the molecule is C=CCOC12Oc3ccc(OCCN4CC4)cc3C3C(CCCCO)C(CCCCO)C=C(C(=NOCC)CC1N(Cc1ccc4c(c1)OCO4)C(=O)OCC)C32. The standard InChI is InChI=1S/C44H59N3O10/c1-4-22-55-44-40(47(43(50)51-5-2)28-30-13-15-38-39(24-30)54-29-53-38)27-36(45-56-6-3)34-25-31(11-7-9-20-48)33(12-8-10-21-49)41(42(34)44)35-26-32(14-16-37(35)57-44)52-23-19-46-17-18-46/h4,13-16,24-26,31,33,40-42,48-49H,1,5-12,17-23,27-29H2,2-3H3. The van der Waals surface area contributed by atoms with Gasteiger partial charge in [-0.05, 0) is 92.8 Å². The Balaban J connectivity index is 1.41. The van der Waals surface area contributed by atoms with E-state index in [4.69, 9.17) is 38.4 Å². The third-order valence-corrected chi connectivity index (χ3v) is 11.8. The van der Waals surface area contributed by atoms with Crippen LogP contribution in [0.2, 0.25) is 0 Å². The van der Waals surface area contributed by atoms with Crippen LogP contribution in [0, 0.1) is 17.8 Å². The summed E-state index contributed by atoms with van der Waals surface area (Å²) in [6.07, 6.45) is 8.58. The lowest BCUT2D eigenvalue weighted by Crippen LogP contribution is -2.70. The third-order valence-electron chi connectivity index (χ3n) is 11.8. The predicted octanol–water partition coefficient (Wildman–Crippen LogP) is 6.42. The topological polar surface area (TPSA) is 141 Å².